The summed E-state index contributed by atoms with van der Waals surface area (Å²) >= 11 is 0. The first-order valence-electron chi connectivity index (χ1n) is 16.9. The summed E-state index contributed by atoms with van der Waals surface area (Å²) in [6.45, 7) is 0. The van der Waals surface area contributed by atoms with Gasteiger partial charge in [0.05, 0.1) is 11.4 Å². The van der Waals surface area contributed by atoms with Gasteiger partial charge in [-0.15, -0.1) is 0 Å². The van der Waals surface area contributed by atoms with Gasteiger partial charge in [0.15, 0.2) is 0 Å². The molecule has 0 spiro atoms. The summed E-state index contributed by atoms with van der Waals surface area (Å²) in [5.74, 6) is 0. The molecular formula is C48H33N. The number of nitrogens with zero attached hydrogens (tertiary/aromatic N) is 1. The maximum Gasteiger partial charge on any atom is 0.0540 e. The van der Waals surface area contributed by atoms with Crippen LogP contribution in [0.1, 0.15) is 0 Å². The fraction of sp³-hybridized carbons (Fsp3) is 0. The van der Waals surface area contributed by atoms with Crippen LogP contribution in [0, 0.1) is 0 Å². The van der Waals surface area contributed by atoms with Crippen molar-refractivity contribution in [3.63, 3.8) is 0 Å². The molecule has 0 aliphatic rings. The van der Waals surface area contributed by atoms with Crippen LogP contribution >= 0.6 is 0 Å². The molecule has 0 heterocycles. The summed E-state index contributed by atoms with van der Waals surface area (Å²) in [4.78, 5) is 2.45. The molecule has 0 aromatic heterocycles. The van der Waals surface area contributed by atoms with Crippen molar-refractivity contribution in [3.8, 4) is 33.4 Å². The van der Waals surface area contributed by atoms with Crippen LogP contribution in [0.3, 0.4) is 0 Å². The third-order valence-corrected chi connectivity index (χ3v) is 9.64. The molecule has 1 nitrogen and oxygen atoms in total. The van der Waals surface area contributed by atoms with Crippen molar-refractivity contribution >= 4 is 49.4 Å². The van der Waals surface area contributed by atoms with E-state index in [9.17, 15) is 0 Å². The number of fused-ring (bicyclic) bond motifs is 4. The second-order valence-electron chi connectivity index (χ2n) is 12.5. The third kappa shape index (κ3) is 5.13. The van der Waals surface area contributed by atoms with E-state index in [1.54, 1.807) is 0 Å². The van der Waals surface area contributed by atoms with Crippen LogP contribution in [-0.4, -0.2) is 0 Å². The molecule has 9 aromatic rings. The molecule has 0 N–H and O–H groups in total. The third-order valence-electron chi connectivity index (χ3n) is 9.64. The van der Waals surface area contributed by atoms with Crippen LogP contribution in [0.15, 0.2) is 200 Å². The van der Waals surface area contributed by atoms with Gasteiger partial charge >= 0.3 is 0 Å². The summed E-state index contributed by atoms with van der Waals surface area (Å²) in [5.41, 5.74) is 10.5. The molecule has 9 rings (SSSR count). The fourth-order valence-electron chi connectivity index (χ4n) is 7.40. The van der Waals surface area contributed by atoms with Gasteiger partial charge in [-0.25, -0.2) is 0 Å². The number of hydrogen-bond donors (Lipinski definition) is 0. The predicted molar refractivity (Wildman–Crippen MR) is 210 cm³/mol. The first-order chi connectivity index (χ1) is 24.3. The Morgan fingerprint density at radius 3 is 1.61 bits per heavy atom. The Hall–Kier alpha value is -6.44. The van der Waals surface area contributed by atoms with Gasteiger partial charge in [-0.05, 0) is 84.9 Å². The smallest absolute Gasteiger partial charge is 0.0540 e. The molecule has 0 radical (unpaired) electrons. The van der Waals surface area contributed by atoms with Crippen LogP contribution in [0.25, 0.3) is 65.7 Å². The predicted octanol–water partition coefficient (Wildman–Crippen LogP) is 13.6. The minimum absolute atomic E-state index is 1.10. The van der Waals surface area contributed by atoms with E-state index in [4.69, 9.17) is 0 Å². The zero-order chi connectivity index (χ0) is 32.6. The van der Waals surface area contributed by atoms with E-state index in [0.717, 1.165) is 17.1 Å². The average molecular weight is 624 g/mol. The first-order valence-corrected chi connectivity index (χ1v) is 16.9. The molecule has 0 saturated heterocycles. The number of benzene rings is 9. The summed E-state index contributed by atoms with van der Waals surface area (Å²) < 4.78 is 0. The first kappa shape index (κ1) is 28.8. The van der Waals surface area contributed by atoms with Crippen molar-refractivity contribution in [2.45, 2.75) is 0 Å². The molecule has 0 fully saturated rings. The molecule has 0 aliphatic carbocycles. The topological polar surface area (TPSA) is 3.24 Å². The molecule has 0 aliphatic heterocycles. The molecule has 0 bridgehead atoms. The highest BCUT2D eigenvalue weighted by atomic mass is 15.1. The second-order valence-corrected chi connectivity index (χ2v) is 12.5. The summed E-state index contributed by atoms with van der Waals surface area (Å²) in [6.07, 6.45) is 0. The lowest BCUT2D eigenvalue weighted by atomic mass is 9.91. The van der Waals surface area contributed by atoms with E-state index in [-0.39, 0.29) is 0 Å². The van der Waals surface area contributed by atoms with Crippen molar-refractivity contribution < 1.29 is 0 Å². The van der Waals surface area contributed by atoms with E-state index in [1.165, 1.54) is 65.7 Å². The van der Waals surface area contributed by atoms with Gasteiger partial charge in [0, 0.05) is 16.8 Å². The standard InChI is InChI=1S/C48H33N/c1-2-16-35(17-3-1)42-25-10-12-30-47(42)49(38-22-14-21-36(32-38)40-29-15-20-34-18-4-6-23-39(34)40)48-31-13-11-28-45(48)46-33-37-19-5-7-24-41(37)43-26-8-9-27-44(43)46/h1-33H. The van der Waals surface area contributed by atoms with Crippen LogP contribution in [0.4, 0.5) is 17.1 Å². The van der Waals surface area contributed by atoms with Gasteiger partial charge in [-0.3, -0.25) is 0 Å². The second kappa shape index (κ2) is 12.3. The summed E-state index contributed by atoms with van der Waals surface area (Å²) in [7, 11) is 0. The van der Waals surface area contributed by atoms with Gasteiger partial charge < -0.3 is 4.90 Å². The normalized spacial score (nSPS) is 11.3. The zero-order valence-electron chi connectivity index (χ0n) is 27.0. The Balaban J connectivity index is 1.33. The molecule has 0 saturated carbocycles. The fourth-order valence-corrected chi connectivity index (χ4v) is 7.40. The van der Waals surface area contributed by atoms with Crippen LogP contribution < -0.4 is 4.90 Å². The van der Waals surface area contributed by atoms with Crippen LogP contribution in [0.2, 0.25) is 0 Å². The molecule has 49 heavy (non-hydrogen) atoms. The molecule has 0 unspecified atom stereocenters. The molecule has 9 aromatic carbocycles. The molecule has 1 heteroatoms. The van der Waals surface area contributed by atoms with E-state index < -0.39 is 0 Å². The Morgan fingerprint density at radius 2 is 0.796 bits per heavy atom. The molecule has 0 atom stereocenters. The Morgan fingerprint density at radius 1 is 0.265 bits per heavy atom. The molecule has 230 valence electrons. The highest BCUT2D eigenvalue weighted by Gasteiger charge is 2.22. The largest absolute Gasteiger partial charge is 0.309 e. The van der Waals surface area contributed by atoms with Crippen molar-refractivity contribution in [2.75, 3.05) is 4.90 Å². The lowest BCUT2D eigenvalue weighted by Crippen LogP contribution is -2.12. The number of para-hydroxylation sites is 2. The number of hydrogen-bond acceptors (Lipinski definition) is 1. The van der Waals surface area contributed by atoms with E-state index in [2.05, 4.69) is 205 Å². The lowest BCUT2D eigenvalue weighted by molar-refractivity contribution is 1.28. The van der Waals surface area contributed by atoms with Crippen molar-refractivity contribution in [1.29, 1.82) is 0 Å². The van der Waals surface area contributed by atoms with Gasteiger partial charge in [0.25, 0.3) is 0 Å². The highest BCUT2D eigenvalue weighted by molar-refractivity contribution is 6.15. The Bertz CT molecular complexity index is 2610. The number of rotatable bonds is 6. The van der Waals surface area contributed by atoms with E-state index in [1.807, 2.05) is 0 Å². The lowest BCUT2D eigenvalue weighted by Gasteiger charge is -2.30. The SMILES string of the molecule is c1ccc(-c2ccccc2N(c2cccc(-c3cccc4ccccc34)c2)c2ccccc2-c2cc3ccccc3c3ccccc23)cc1. The summed E-state index contributed by atoms with van der Waals surface area (Å²) in [5, 5.41) is 7.51. The molecule has 0 amide bonds. The average Bonchev–Trinajstić information content (AvgIpc) is 3.18. The minimum Gasteiger partial charge on any atom is -0.309 e. The quantitative estimate of drug-likeness (QED) is 0.167. The maximum absolute atomic E-state index is 2.45. The molecular weight excluding hydrogens is 591 g/mol. The van der Waals surface area contributed by atoms with Gasteiger partial charge in [0.1, 0.15) is 0 Å². The Kier molecular flexibility index (Phi) is 7.22. The monoisotopic (exact) mass is 623 g/mol. The number of anilines is 3. The summed E-state index contributed by atoms with van der Waals surface area (Å²) in [6, 6.07) is 72.5. The Labute approximate surface area is 287 Å². The van der Waals surface area contributed by atoms with E-state index >= 15 is 0 Å². The van der Waals surface area contributed by atoms with Crippen molar-refractivity contribution in [2.24, 2.45) is 0 Å². The van der Waals surface area contributed by atoms with Crippen molar-refractivity contribution in [3.05, 3.63) is 200 Å². The van der Waals surface area contributed by atoms with Gasteiger partial charge in [0.2, 0.25) is 0 Å². The van der Waals surface area contributed by atoms with Gasteiger partial charge in [-0.1, -0.05) is 170 Å². The van der Waals surface area contributed by atoms with E-state index in [0.29, 0.717) is 0 Å². The van der Waals surface area contributed by atoms with Crippen molar-refractivity contribution in [1.82, 2.24) is 0 Å². The minimum atomic E-state index is 1.10. The maximum atomic E-state index is 2.45. The van der Waals surface area contributed by atoms with Gasteiger partial charge in [-0.2, -0.15) is 0 Å². The van der Waals surface area contributed by atoms with Crippen LogP contribution in [-0.2, 0) is 0 Å². The zero-order valence-corrected chi connectivity index (χ0v) is 27.0. The highest BCUT2D eigenvalue weighted by Crippen LogP contribution is 2.47. The van der Waals surface area contributed by atoms with Crippen LogP contribution in [0.5, 0.6) is 0 Å².